The Balaban J connectivity index is 2.10. The normalized spacial score (nSPS) is 15.9. The van der Waals surface area contributed by atoms with Crippen molar-refractivity contribution in [1.29, 1.82) is 0 Å². The first-order chi connectivity index (χ1) is 8.74. The molecule has 0 spiro atoms. The standard InChI is InChI=1S/C14H18Br2O2/c1-17-13-7-11(8-15)6-12(16)14(13)18-9-10-4-2-3-5-10/h6-7,10H,2-5,8-9H2,1H3. The first-order valence-corrected chi connectivity index (χ1v) is 8.21. The SMILES string of the molecule is COc1cc(CBr)cc(Br)c1OCC1CCCC1. The van der Waals surface area contributed by atoms with Gasteiger partial charge < -0.3 is 9.47 Å². The highest BCUT2D eigenvalue weighted by atomic mass is 79.9. The third-order valence-electron chi connectivity index (χ3n) is 3.38. The second-order valence-corrected chi connectivity index (χ2v) is 6.12. The molecule has 100 valence electrons. The topological polar surface area (TPSA) is 18.5 Å². The van der Waals surface area contributed by atoms with Gasteiger partial charge in [0, 0.05) is 5.33 Å². The van der Waals surface area contributed by atoms with Crippen molar-refractivity contribution in [3.05, 3.63) is 22.2 Å². The van der Waals surface area contributed by atoms with Gasteiger partial charge in [0.2, 0.25) is 0 Å². The maximum atomic E-state index is 5.96. The maximum Gasteiger partial charge on any atom is 0.175 e. The molecule has 0 amide bonds. The lowest BCUT2D eigenvalue weighted by atomic mass is 10.1. The van der Waals surface area contributed by atoms with Crippen molar-refractivity contribution in [1.82, 2.24) is 0 Å². The van der Waals surface area contributed by atoms with Gasteiger partial charge in [0.05, 0.1) is 18.2 Å². The van der Waals surface area contributed by atoms with E-state index in [9.17, 15) is 0 Å². The highest BCUT2D eigenvalue weighted by Gasteiger charge is 2.18. The van der Waals surface area contributed by atoms with Gasteiger partial charge in [-0.05, 0) is 52.4 Å². The van der Waals surface area contributed by atoms with Gasteiger partial charge in [0.15, 0.2) is 11.5 Å². The summed E-state index contributed by atoms with van der Waals surface area (Å²) in [5, 5.41) is 0.810. The number of halogens is 2. The van der Waals surface area contributed by atoms with E-state index in [-0.39, 0.29) is 0 Å². The van der Waals surface area contributed by atoms with E-state index in [0.717, 1.165) is 27.9 Å². The van der Waals surface area contributed by atoms with Gasteiger partial charge in [0.1, 0.15) is 0 Å². The molecule has 1 saturated carbocycles. The number of hydrogen-bond acceptors (Lipinski definition) is 2. The van der Waals surface area contributed by atoms with Crippen LogP contribution in [0, 0.1) is 5.92 Å². The fraction of sp³-hybridized carbons (Fsp3) is 0.571. The largest absolute Gasteiger partial charge is 0.493 e. The van der Waals surface area contributed by atoms with E-state index in [2.05, 4.69) is 37.9 Å². The molecule has 0 aromatic heterocycles. The molecule has 0 heterocycles. The van der Waals surface area contributed by atoms with Crippen LogP contribution < -0.4 is 9.47 Å². The van der Waals surface area contributed by atoms with Crippen molar-refractivity contribution >= 4 is 31.9 Å². The van der Waals surface area contributed by atoms with Crippen LogP contribution in [0.2, 0.25) is 0 Å². The Labute approximate surface area is 125 Å². The fourth-order valence-corrected chi connectivity index (χ4v) is 3.30. The lowest BCUT2D eigenvalue weighted by Crippen LogP contribution is -2.09. The van der Waals surface area contributed by atoms with E-state index in [1.807, 2.05) is 6.07 Å². The second-order valence-electron chi connectivity index (χ2n) is 4.70. The van der Waals surface area contributed by atoms with E-state index in [1.54, 1.807) is 7.11 Å². The van der Waals surface area contributed by atoms with Gasteiger partial charge >= 0.3 is 0 Å². The molecule has 0 N–H and O–H groups in total. The molecular formula is C14H18Br2O2. The minimum absolute atomic E-state index is 0.706. The van der Waals surface area contributed by atoms with Crippen LogP contribution in [0.3, 0.4) is 0 Å². The highest BCUT2D eigenvalue weighted by molar-refractivity contribution is 9.10. The van der Waals surface area contributed by atoms with Crippen LogP contribution in [0.25, 0.3) is 0 Å². The minimum Gasteiger partial charge on any atom is -0.493 e. The predicted molar refractivity (Wildman–Crippen MR) is 80.8 cm³/mol. The van der Waals surface area contributed by atoms with E-state index >= 15 is 0 Å². The summed E-state index contributed by atoms with van der Waals surface area (Å²) in [6, 6.07) is 4.09. The van der Waals surface area contributed by atoms with Gasteiger partial charge in [-0.25, -0.2) is 0 Å². The van der Waals surface area contributed by atoms with Crippen molar-refractivity contribution in [2.75, 3.05) is 13.7 Å². The Kier molecular flexibility index (Phi) is 5.37. The van der Waals surface area contributed by atoms with Crippen LogP contribution in [0.5, 0.6) is 11.5 Å². The molecule has 4 heteroatoms. The summed E-state index contributed by atoms with van der Waals surface area (Å²) < 4.78 is 12.3. The Morgan fingerprint density at radius 3 is 2.61 bits per heavy atom. The molecular weight excluding hydrogens is 360 g/mol. The predicted octanol–water partition coefficient (Wildman–Crippen LogP) is 4.92. The average molecular weight is 378 g/mol. The molecule has 1 aromatic carbocycles. The summed E-state index contributed by atoms with van der Waals surface area (Å²) >= 11 is 7.02. The molecule has 2 rings (SSSR count). The quantitative estimate of drug-likeness (QED) is 0.678. The van der Waals surface area contributed by atoms with Crippen LogP contribution >= 0.6 is 31.9 Å². The summed E-state index contributed by atoms with van der Waals surface area (Å²) in [5.41, 5.74) is 1.17. The third-order valence-corrected chi connectivity index (χ3v) is 4.62. The lowest BCUT2D eigenvalue weighted by Gasteiger charge is -2.16. The lowest BCUT2D eigenvalue weighted by molar-refractivity contribution is 0.239. The zero-order valence-electron chi connectivity index (χ0n) is 10.5. The van der Waals surface area contributed by atoms with Crippen LogP contribution in [0.15, 0.2) is 16.6 Å². The van der Waals surface area contributed by atoms with Crippen LogP contribution in [-0.2, 0) is 5.33 Å². The van der Waals surface area contributed by atoms with Crippen molar-refractivity contribution in [2.45, 2.75) is 31.0 Å². The van der Waals surface area contributed by atoms with Gasteiger partial charge in [-0.15, -0.1) is 0 Å². The zero-order chi connectivity index (χ0) is 13.0. The number of benzene rings is 1. The summed E-state index contributed by atoms with van der Waals surface area (Å²) in [6.07, 6.45) is 5.27. The van der Waals surface area contributed by atoms with E-state index < -0.39 is 0 Å². The molecule has 0 radical (unpaired) electrons. The molecule has 1 aliphatic rings. The Hall–Kier alpha value is -0.220. The molecule has 0 aliphatic heterocycles. The van der Waals surface area contributed by atoms with Crippen LogP contribution in [-0.4, -0.2) is 13.7 Å². The number of hydrogen-bond donors (Lipinski definition) is 0. The molecule has 2 nitrogen and oxygen atoms in total. The van der Waals surface area contributed by atoms with Crippen molar-refractivity contribution in [3.63, 3.8) is 0 Å². The summed E-state index contributed by atoms with van der Waals surface area (Å²) in [5.74, 6) is 2.34. The van der Waals surface area contributed by atoms with Gasteiger partial charge in [-0.3, -0.25) is 0 Å². The second kappa shape index (κ2) is 6.80. The Bertz CT molecular complexity index is 401. The molecule has 0 unspecified atom stereocenters. The molecule has 0 bridgehead atoms. The minimum atomic E-state index is 0.706. The first kappa shape index (κ1) is 14.2. The monoisotopic (exact) mass is 376 g/mol. The molecule has 0 atom stereocenters. The molecule has 18 heavy (non-hydrogen) atoms. The Morgan fingerprint density at radius 1 is 1.28 bits per heavy atom. The highest BCUT2D eigenvalue weighted by Crippen LogP contribution is 2.38. The van der Waals surface area contributed by atoms with Gasteiger partial charge in [-0.2, -0.15) is 0 Å². The fourth-order valence-electron chi connectivity index (χ4n) is 2.37. The van der Waals surface area contributed by atoms with Crippen LogP contribution in [0.4, 0.5) is 0 Å². The Morgan fingerprint density at radius 2 is 2.00 bits per heavy atom. The molecule has 1 fully saturated rings. The van der Waals surface area contributed by atoms with Crippen LogP contribution in [0.1, 0.15) is 31.2 Å². The van der Waals surface area contributed by atoms with E-state index in [0.29, 0.717) is 5.92 Å². The van der Waals surface area contributed by atoms with E-state index in [1.165, 1.54) is 31.2 Å². The number of ether oxygens (including phenoxy) is 2. The average Bonchev–Trinajstić information content (AvgIpc) is 2.89. The summed E-state index contributed by atoms with van der Waals surface area (Å²) in [7, 11) is 1.68. The molecule has 0 saturated heterocycles. The van der Waals surface area contributed by atoms with Crippen molar-refractivity contribution in [2.24, 2.45) is 5.92 Å². The third kappa shape index (κ3) is 3.41. The first-order valence-electron chi connectivity index (χ1n) is 6.29. The van der Waals surface area contributed by atoms with Crippen molar-refractivity contribution in [3.8, 4) is 11.5 Å². The smallest absolute Gasteiger partial charge is 0.175 e. The number of methoxy groups -OCH3 is 1. The zero-order valence-corrected chi connectivity index (χ0v) is 13.7. The van der Waals surface area contributed by atoms with E-state index in [4.69, 9.17) is 9.47 Å². The summed E-state index contributed by atoms with van der Waals surface area (Å²) in [6.45, 7) is 0.794. The van der Waals surface area contributed by atoms with Gasteiger partial charge in [0.25, 0.3) is 0 Å². The van der Waals surface area contributed by atoms with Crippen molar-refractivity contribution < 1.29 is 9.47 Å². The molecule has 1 aromatic rings. The maximum absolute atomic E-state index is 5.96. The number of alkyl halides is 1. The molecule has 1 aliphatic carbocycles. The number of rotatable bonds is 5. The summed E-state index contributed by atoms with van der Waals surface area (Å²) in [4.78, 5) is 0. The van der Waals surface area contributed by atoms with Gasteiger partial charge in [-0.1, -0.05) is 28.8 Å².